The molecule has 0 unspecified atom stereocenters. The Morgan fingerprint density at radius 3 is 2.36 bits per heavy atom. The molecular formula is C16H19FN2O3. The summed E-state index contributed by atoms with van der Waals surface area (Å²) in [6, 6.07) is 5.75. The number of nitrogens with two attached hydrogens (primary N) is 1. The third-order valence-electron chi connectivity index (χ3n) is 3.99. The Kier molecular flexibility index (Phi) is 5.25. The van der Waals surface area contributed by atoms with E-state index in [1.165, 1.54) is 18.2 Å². The lowest BCUT2D eigenvalue weighted by atomic mass is 9.96. The van der Waals surface area contributed by atoms with Crippen LogP contribution in [-0.2, 0) is 9.59 Å². The van der Waals surface area contributed by atoms with Crippen LogP contribution in [0, 0.1) is 11.7 Å². The number of amides is 2. The van der Waals surface area contributed by atoms with Gasteiger partial charge in [-0.15, -0.1) is 0 Å². The van der Waals surface area contributed by atoms with Gasteiger partial charge in [0.15, 0.2) is 5.78 Å². The molecule has 1 heterocycles. The summed E-state index contributed by atoms with van der Waals surface area (Å²) in [5.74, 6) is -1.60. The number of Topliss-reactive ketones (excluding diaryl/α,β-unsaturated/α-hetero) is 1. The molecule has 1 aliphatic rings. The number of hydrogen-bond acceptors (Lipinski definition) is 3. The summed E-state index contributed by atoms with van der Waals surface area (Å²) in [6.45, 7) is 0.945. The molecule has 2 rings (SSSR count). The highest BCUT2D eigenvalue weighted by Crippen LogP contribution is 2.18. The van der Waals surface area contributed by atoms with Crippen LogP contribution in [-0.4, -0.2) is 35.6 Å². The average molecular weight is 306 g/mol. The van der Waals surface area contributed by atoms with E-state index in [1.54, 1.807) is 11.0 Å². The molecule has 5 nitrogen and oxygen atoms in total. The topological polar surface area (TPSA) is 80.5 Å². The van der Waals surface area contributed by atoms with Gasteiger partial charge in [0.05, 0.1) is 5.56 Å². The van der Waals surface area contributed by atoms with E-state index >= 15 is 0 Å². The van der Waals surface area contributed by atoms with Gasteiger partial charge in [-0.1, -0.05) is 12.1 Å². The van der Waals surface area contributed by atoms with E-state index in [9.17, 15) is 18.8 Å². The third kappa shape index (κ3) is 3.90. The van der Waals surface area contributed by atoms with Crippen LogP contribution in [0.1, 0.15) is 36.0 Å². The smallest absolute Gasteiger partial charge is 0.223 e. The SMILES string of the molecule is NC(=O)C1CCN(C(=O)CCC(=O)c2ccccc2F)CC1. The highest BCUT2D eigenvalue weighted by atomic mass is 19.1. The van der Waals surface area contributed by atoms with E-state index in [1.807, 2.05) is 0 Å². The first-order chi connectivity index (χ1) is 10.5. The maximum atomic E-state index is 13.5. The molecule has 0 aliphatic carbocycles. The van der Waals surface area contributed by atoms with Crippen molar-refractivity contribution in [3.05, 3.63) is 35.6 Å². The molecule has 0 atom stereocenters. The van der Waals surface area contributed by atoms with E-state index in [4.69, 9.17) is 5.73 Å². The van der Waals surface area contributed by atoms with Crippen molar-refractivity contribution in [2.75, 3.05) is 13.1 Å². The minimum atomic E-state index is -0.567. The van der Waals surface area contributed by atoms with Crippen molar-refractivity contribution in [2.45, 2.75) is 25.7 Å². The zero-order chi connectivity index (χ0) is 16.1. The Morgan fingerprint density at radius 1 is 1.14 bits per heavy atom. The van der Waals surface area contributed by atoms with Gasteiger partial charge in [-0.3, -0.25) is 14.4 Å². The van der Waals surface area contributed by atoms with Gasteiger partial charge in [0.1, 0.15) is 5.82 Å². The molecule has 118 valence electrons. The van der Waals surface area contributed by atoms with E-state index in [0.717, 1.165) is 0 Å². The summed E-state index contributed by atoms with van der Waals surface area (Å²) in [5, 5.41) is 0. The van der Waals surface area contributed by atoms with Crippen LogP contribution >= 0.6 is 0 Å². The number of rotatable bonds is 5. The van der Waals surface area contributed by atoms with E-state index in [0.29, 0.717) is 25.9 Å². The molecule has 0 bridgehead atoms. The fourth-order valence-corrected chi connectivity index (χ4v) is 2.61. The predicted octanol–water partition coefficient (Wildman–Crippen LogP) is 1.51. The van der Waals surface area contributed by atoms with E-state index < -0.39 is 5.82 Å². The van der Waals surface area contributed by atoms with Crippen molar-refractivity contribution in [3.63, 3.8) is 0 Å². The molecule has 0 aromatic heterocycles. The molecule has 1 fully saturated rings. The van der Waals surface area contributed by atoms with Crippen molar-refractivity contribution >= 4 is 17.6 Å². The van der Waals surface area contributed by atoms with Crippen molar-refractivity contribution in [1.29, 1.82) is 0 Å². The standard InChI is InChI=1S/C16H19FN2O3/c17-13-4-2-1-3-12(13)14(20)5-6-15(21)19-9-7-11(8-10-19)16(18)22/h1-4,11H,5-10H2,(H2,18,22). The van der Waals surface area contributed by atoms with Crippen LogP contribution in [0.2, 0.25) is 0 Å². The van der Waals surface area contributed by atoms with Gasteiger partial charge in [0.25, 0.3) is 0 Å². The van der Waals surface area contributed by atoms with Gasteiger partial charge in [-0.25, -0.2) is 4.39 Å². The number of ketones is 1. The number of nitrogens with zero attached hydrogens (tertiary/aromatic N) is 1. The van der Waals surface area contributed by atoms with E-state index in [-0.39, 0.29) is 41.9 Å². The predicted molar refractivity (Wildman–Crippen MR) is 78.5 cm³/mol. The van der Waals surface area contributed by atoms with Gasteiger partial charge >= 0.3 is 0 Å². The van der Waals surface area contributed by atoms with Crippen LogP contribution < -0.4 is 5.73 Å². The summed E-state index contributed by atoms with van der Waals surface area (Å²) in [7, 11) is 0. The van der Waals surface area contributed by atoms with E-state index in [2.05, 4.69) is 0 Å². The summed E-state index contributed by atoms with van der Waals surface area (Å²) in [6.07, 6.45) is 1.15. The average Bonchev–Trinajstić information content (AvgIpc) is 2.52. The van der Waals surface area contributed by atoms with Crippen LogP contribution in [0.4, 0.5) is 4.39 Å². The highest BCUT2D eigenvalue weighted by Gasteiger charge is 2.26. The van der Waals surface area contributed by atoms with Crippen molar-refractivity contribution < 1.29 is 18.8 Å². The largest absolute Gasteiger partial charge is 0.369 e. The number of halogens is 1. The number of likely N-dealkylation sites (tertiary alicyclic amines) is 1. The Morgan fingerprint density at radius 2 is 1.77 bits per heavy atom. The minimum absolute atomic E-state index is 0.0164. The number of piperidine rings is 1. The number of hydrogen-bond donors (Lipinski definition) is 1. The van der Waals surface area contributed by atoms with Crippen LogP contribution in [0.15, 0.2) is 24.3 Å². The van der Waals surface area contributed by atoms with Gasteiger partial charge in [0.2, 0.25) is 11.8 Å². The molecule has 0 spiro atoms. The van der Waals surface area contributed by atoms with Gasteiger partial charge in [-0.2, -0.15) is 0 Å². The Bertz CT molecular complexity index is 581. The third-order valence-corrected chi connectivity index (χ3v) is 3.99. The highest BCUT2D eigenvalue weighted by molar-refractivity contribution is 5.98. The zero-order valence-electron chi connectivity index (χ0n) is 12.3. The summed E-state index contributed by atoms with van der Waals surface area (Å²) in [4.78, 5) is 36.7. The Hall–Kier alpha value is -2.24. The summed E-state index contributed by atoms with van der Waals surface area (Å²) < 4.78 is 13.5. The lowest BCUT2D eigenvalue weighted by Gasteiger charge is -2.30. The maximum absolute atomic E-state index is 13.5. The second-order valence-corrected chi connectivity index (χ2v) is 5.46. The molecule has 1 saturated heterocycles. The van der Waals surface area contributed by atoms with Crippen molar-refractivity contribution in [3.8, 4) is 0 Å². The second-order valence-electron chi connectivity index (χ2n) is 5.46. The molecule has 1 aromatic carbocycles. The van der Waals surface area contributed by atoms with Gasteiger partial charge < -0.3 is 10.6 Å². The fourth-order valence-electron chi connectivity index (χ4n) is 2.61. The number of carbonyl (C=O) groups excluding carboxylic acids is 3. The summed E-state index contributed by atoms with van der Waals surface area (Å²) in [5.41, 5.74) is 5.26. The van der Waals surface area contributed by atoms with Crippen LogP contribution in [0.5, 0.6) is 0 Å². The number of benzene rings is 1. The van der Waals surface area contributed by atoms with Crippen LogP contribution in [0.25, 0.3) is 0 Å². The van der Waals surface area contributed by atoms with Crippen LogP contribution in [0.3, 0.4) is 0 Å². The maximum Gasteiger partial charge on any atom is 0.223 e. The minimum Gasteiger partial charge on any atom is -0.369 e. The first-order valence-corrected chi connectivity index (χ1v) is 7.34. The lowest BCUT2D eigenvalue weighted by molar-refractivity contribution is -0.134. The molecule has 1 aliphatic heterocycles. The second kappa shape index (κ2) is 7.15. The fraction of sp³-hybridized carbons (Fsp3) is 0.438. The number of carbonyl (C=O) groups is 3. The molecule has 1 aromatic rings. The molecule has 0 saturated carbocycles. The Balaban J connectivity index is 1.82. The normalized spacial score (nSPS) is 15.6. The molecular weight excluding hydrogens is 287 g/mol. The molecule has 0 radical (unpaired) electrons. The number of primary amides is 1. The lowest BCUT2D eigenvalue weighted by Crippen LogP contribution is -2.41. The monoisotopic (exact) mass is 306 g/mol. The van der Waals surface area contributed by atoms with Gasteiger partial charge in [-0.05, 0) is 25.0 Å². The molecule has 6 heteroatoms. The first kappa shape index (κ1) is 16.1. The molecule has 2 N–H and O–H groups in total. The first-order valence-electron chi connectivity index (χ1n) is 7.34. The van der Waals surface area contributed by atoms with Crippen molar-refractivity contribution in [1.82, 2.24) is 4.90 Å². The quantitative estimate of drug-likeness (QED) is 0.837. The van der Waals surface area contributed by atoms with Gasteiger partial charge in [0, 0.05) is 31.8 Å². The van der Waals surface area contributed by atoms with Crippen molar-refractivity contribution in [2.24, 2.45) is 11.7 Å². The summed E-state index contributed by atoms with van der Waals surface area (Å²) >= 11 is 0. The zero-order valence-corrected chi connectivity index (χ0v) is 12.3. The molecule has 22 heavy (non-hydrogen) atoms. The Labute approximate surface area is 128 Å². The molecule has 2 amide bonds.